The van der Waals surface area contributed by atoms with Gasteiger partial charge in [-0.3, -0.25) is 4.68 Å². The topological polar surface area (TPSA) is 39.1 Å². The van der Waals surface area contributed by atoms with Crippen molar-refractivity contribution < 1.29 is 4.74 Å². The fourth-order valence-electron chi connectivity index (χ4n) is 2.18. The van der Waals surface area contributed by atoms with Crippen molar-refractivity contribution in [1.29, 1.82) is 0 Å². The Labute approximate surface area is 114 Å². The third-order valence-electron chi connectivity index (χ3n) is 3.11. The first-order valence-electron chi connectivity index (χ1n) is 6.57. The number of rotatable bonds is 6. The number of aromatic nitrogens is 2. The van der Waals surface area contributed by atoms with E-state index < -0.39 is 0 Å². The molecular weight excluding hydrogens is 238 g/mol. The third-order valence-corrected chi connectivity index (χ3v) is 3.11. The first-order chi connectivity index (χ1) is 9.24. The number of ether oxygens (including phenoxy) is 1. The normalized spacial score (nSPS) is 12.4. The summed E-state index contributed by atoms with van der Waals surface area (Å²) in [4.78, 5) is 0. The van der Waals surface area contributed by atoms with Crippen molar-refractivity contribution in [3.63, 3.8) is 0 Å². The van der Waals surface area contributed by atoms with Crippen molar-refractivity contribution in [1.82, 2.24) is 9.78 Å². The van der Waals surface area contributed by atoms with Gasteiger partial charge < -0.3 is 10.1 Å². The van der Waals surface area contributed by atoms with Crippen LogP contribution < -0.4 is 5.32 Å². The molecule has 0 aliphatic carbocycles. The molecule has 4 nitrogen and oxygen atoms in total. The molecule has 0 fully saturated rings. The van der Waals surface area contributed by atoms with Crippen molar-refractivity contribution >= 4 is 5.69 Å². The van der Waals surface area contributed by atoms with Crippen molar-refractivity contribution in [3.05, 3.63) is 47.8 Å². The maximum absolute atomic E-state index is 5.32. The molecule has 0 amide bonds. The molecule has 0 aliphatic rings. The summed E-state index contributed by atoms with van der Waals surface area (Å²) in [7, 11) is 3.67. The van der Waals surface area contributed by atoms with Crippen LogP contribution in [0.4, 0.5) is 5.69 Å². The third kappa shape index (κ3) is 3.35. The minimum absolute atomic E-state index is 0.140. The van der Waals surface area contributed by atoms with Gasteiger partial charge in [-0.05, 0) is 12.0 Å². The number of nitrogens with one attached hydrogen (secondary N) is 1. The van der Waals surface area contributed by atoms with Gasteiger partial charge in [-0.2, -0.15) is 5.10 Å². The second-order valence-corrected chi connectivity index (χ2v) is 4.58. The molecule has 4 heteroatoms. The number of anilines is 1. The van der Waals surface area contributed by atoms with Gasteiger partial charge >= 0.3 is 0 Å². The molecule has 1 aromatic heterocycles. The number of nitrogens with zero attached hydrogens (tertiary/aromatic N) is 2. The van der Waals surface area contributed by atoms with E-state index in [1.54, 1.807) is 7.11 Å². The molecule has 2 rings (SSSR count). The first kappa shape index (κ1) is 13.6. The van der Waals surface area contributed by atoms with E-state index in [4.69, 9.17) is 4.74 Å². The molecule has 0 bridgehead atoms. The first-order valence-corrected chi connectivity index (χ1v) is 6.57. The lowest BCUT2D eigenvalue weighted by Gasteiger charge is -2.19. The average Bonchev–Trinajstić information content (AvgIpc) is 2.79. The summed E-state index contributed by atoms with van der Waals surface area (Å²) in [6.07, 6.45) is 2.93. The Balaban J connectivity index is 2.21. The standard InChI is InChI=1S/C15H21N3O/c1-4-13-14(10-18(2)17-13)16-15(11-19-3)12-8-6-5-7-9-12/h5-10,15-16H,4,11H2,1-3H3. The number of methoxy groups -OCH3 is 1. The highest BCUT2D eigenvalue weighted by Gasteiger charge is 2.14. The minimum Gasteiger partial charge on any atom is -0.382 e. The highest BCUT2D eigenvalue weighted by atomic mass is 16.5. The summed E-state index contributed by atoms with van der Waals surface area (Å²) in [5.74, 6) is 0. The largest absolute Gasteiger partial charge is 0.382 e. The summed E-state index contributed by atoms with van der Waals surface area (Å²) in [5.41, 5.74) is 3.38. The highest BCUT2D eigenvalue weighted by Crippen LogP contribution is 2.22. The van der Waals surface area contributed by atoms with Gasteiger partial charge in [0.05, 0.1) is 24.0 Å². The molecule has 0 saturated heterocycles. The number of benzene rings is 1. The molecule has 0 radical (unpaired) electrons. The van der Waals surface area contributed by atoms with Crippen LogP contribution in [0.5, 0.6) is 0 Å². The van der Waals surface area contributed by atoms with Gasteiger partial charge in [-0.25, -0.2) is 0 Å². The van der Waals surface area contributed by atoms with E-state index in [0.29, 0.717) is 6.61 Å². The van der Waals surface area contributed by atoms with Crippen molar-refractivity contribution in [3.8, 4) is 0 Å². The lowest BCUT2D eigenvalue weighted by atomic mass is 10.1. The van der Waals surface area contributed by atoms with Gasteiger partial charge in [0.2, 0.25) is 0 Å². The van der Waals surface area contributed by atoms with E-state index in [-0.39, 0.29) is 6.04 Å². The molecule has 0 aliphatic heterocycles. The molecule has 1 atom stereocenters. The molecule has 19 heavy (non-hydrogen) atoms. The molecule has 0 saturated carbocycles. The number of aryl methyl sites for hydroxylation is 2. The number of hydrogen-bond donors (Lipinski definition) is 1. The summed E-state index contributed by atoms with van der Waals surface area (Å²) >= 11 is 0. The van der Waals surface area contributed by atoms with E-state index in [0.717, 1.165) is 17.8 Å². The molecule has 102 valence electrons. The Morgan fingerprint density at radius 1 is 1.32 bits per heavy atom. The van der Waals surface area contributed by atoms with Gasteiger partial charge in [-0.15, -0.1) is 0 Å². The van der Waals surface area contributed by atoms with Crippen LogP contribution >= 0.6 is 0 Å². The minimum atomic E-state index is 0.140. The van der Waals surface area contributed by atoms with Crippen molar-refractivity contribution in [2.75, 3.05) is 19.0 Å². The summed E-state index contributed by atoms with van der Waals surface area (Å²) < 4.78 is 7.16. The van der Waals surface area contributed by atoms with Crippen LogP contribution in [0.15, 0.2) is 36.5 Å². The van der Waals surface area contributed by atoms with Gasteiger partial charge in [0.15, 0.2) is 0 Å². The number of hydrogen-bond acceptors (Lipinski definition) is 3. The van der Waals surface area contributed by atoms with Crippen LogP contribution in [0.3, 0.4) is 0 Å². The quantitative estimate of drug-likeness (QED) is 0.867. The Morgan fingerprint density at radius 3 is 2.68 bits per heavy atom. The van der Waals surface area contributed by atoms with Gasteiger partial charge in [0.1, 0.15) is 0 Å². The SMILES string of the molecule is CCc1nn(C)cc1NC(COC)c1ccccc1. The van der Waals surface area contributed by atoms with E-state index in [9.17, 15) is 0 Å². The summed E-state index contributed by atoms with van der Waals surface area (Å²) in [5, 5.41) is 7.98. The zero-order chi connectivity index (χ0) is 13.7. The highest BCUT2D eigenvalue weighted by molar-refractivity contribution is 5.48. The molecule has 2 aromatic rings. The molecule has 0 spiro atoms. The Morgan fingerprint density at radius 2 is 2.05 bits per heavy atom. The van der Waals surface area contributed by atoms with E-state index >= 15 is 0 Å². The van der Waals surface area contributed by atoms with Gasteiger partial charge in [-0.1, -0.05) is 37.3 Å². The monoisotopic (exact) mass is 259 g/mol. The Bertz CT molecular complexity index is 507. The van der Waals surface area contributed by atoms with Crippen LogP contribution in [-0.2, 0) is 18.2 Å². The molecule has 1 N–H and O–H groups in total. The van der Waals surface area contributed by atoms with Crippen LogP contribution in [0.1, 0.15) is 24.2 Å². The summed E-state index contributed by atoms with van der Waals surface area (Å²) in [6, 6.07) is 10.5. The lowest BCUT2D eigenvalue weighted by Crippen LogP contribution is -2.16. The van der Waals surface area contributed by atoms with Gasteiger partial charge in [0.25, 0.3) is 0 Å². The van der Waals surface area contributed by atoms with E-state index in [1.807, 2.05) is 36.1 Å². The second-order valence-electron chi connectivity index (χ2n) is 4.58. The zero-order valence-corrected chi connectivity index (χ0v) is 11.8. The fourth-order valence-corrected chi connectivity index (χ4v) is 2.18. The second kappa shape index (κ2) is 6.38. The van der Waals surface area contributed by atoms with E-state index in [1.165, 1.54) is 5.56 Å². The van der Waals surface area contributed by atoms with Crippen molar-refractivity contribution in [2.24, 2.45) is 7.05 Å². The predicted molar refractivity (Wildman–Crippen MR) is 77.3 cm³/mol. The fraction of sp³-hybridized carbons (Fsp3) is 0.400. The van der Waals surface area contributed by atoms with Crippen LogP contribution in [0.2, 0.25) is 0 Å². The van der Waals surface area contributed by atoms with Gasteiger partial charge in [0, 0.05) is 20.4 Å². The maximum atomic E-state index is 5.32. The Hall–Kier alpha value is -1.81. The smallest absolute Gasteiger partial charge is 0.0853 e. The van der Waals surface area contributed by atoms with E-state index in [2.05, 4.69) is 29.5 Å². The maximum Gasteiger partial charge on any atom is 0.0853 e. The summed E-state index contributed by atoms with van der Waals surface area (Å²) in [6.45, 7) is 2.74. The lowest BCUT2D eigenvalue weighted by molar-refractivity contribution is 0.186. The van der Waals surface area contributed by atoms with Crippen molar-refractivity contribution in [2.45, 2.75) is 19.4 Å². The predicted octanol–water partition coefficient (Wildman–Crippen LogP) is 2.78. The van der Waals surface area contributed by atoms with Crippen LogP contribution in [0, 0.1) is 0 Å². The van der Waals surface area contributed by atoms with Crippen LogP contribution in [0.25, 0.3) is 0 Å². The van der Waals surface area contributed by atoms with Crippen LogP contribution in [-0.4, -0.2) is 23.5 Å². The molecule has 1 heterocycles. The molecular formula is C15H21N3O. The molecule has 1 unspecified atom stereocenters. The average molecular weight is 259 g/mol. The zero-order valence-electron chi connectivity index (χ0n) is 11.8. The Kier molecular flexibility index (Phi) is 4.58. The molecule has 1 aromatic carbocycles.